The summed E-state index contributed by atoms with van der Waals surface area (Å²) >= 11 is 0. The fourth-order valence-corrected chi connectivity index (χ4v) is 4.37. The van der Waals surface area contributed by atoms with Crippen molar-refractivity contribution in [2.24, 2.45) is 0 Å². The summed E-state index contributed by atoms with van der Waals surface area (Å²) in [6.07, 6.45) is 4.14. The molecule has 0 spiro atoms. The smallest absolute Gasteiger partial charge is 0.0475 e. The highest BCUT2D eigenvalue weighted by atomic mass is 15.2. The van der Waals surface area contributed by atoms with Crippen molar-refractivity contribution in [3.8, 4) is 0 Å². The quantitative estimate of drug-likeness (QED) is 0.637. The average Bonchev–Trinajstić information content (AvgIpc) is 2.99. The van der Waals surface area contributed by atoms with Crippen LogP contribution in [0.25, 0.3) is 5.57 Å². The van der Waals surface area contributed by atoms with E-state index in [1.54, 1.807) is 5.57 Å². The maximum absolute atomic E-state index is 4.64. The van der Waals surface area contributed by atoms with Crippen LogP contribution in [0, 0.1) is 0 Å². The number of hydrogen-bond donors (Lipinski definition) is 0. The third-order valence-corrected chi connectivity index (χ3v) is 5.66. The van der Waals surface area contributed by atoms with E-state index in [1.165, 1.54) is 22.4 Å². The van der Waals surface area contributed by atoms with Gasteiger partial charge in [-0.3, -0.25) is 9.88 Å². The Balaban J connectivity index is 1.91. The Labute approximate surface area is 159 Å². The Morgan fingerprint density at radius 3 is 2.27 bits per heavy atom. The number of allylic oxidation sites excluding steroid dienone is 1. The van der Waals surface area contributed by atoms with E-state index in [1.807, 2.05) is 12.3 Å². The molecule has 138 valence electrons. The number of pyridine rings is 1. The summed E-state index contributed by atoms with van der Waals surface area (Å²) in [6.45, 7) is 12.6. The molecule has 1 aromatic carbocycles. The Kier molecular flexibility index (Phi) is 5.93. The van der Waals surface area contributed by atoms with E-state index in [-0.39, 0.29) is 0 Å². The molecule has 1 heterocycles. The predicted octanol–water partition coefficient (Wildman–Crippen LogP) is 5.70. The monoisotopic (exact) mass is 348 g/mol. The summed E-state index contributed by atoms with van der Waals surface area (Å²) < 4.78 is 0. The van der Waals surface area contributed by atoms with Gasteiger partial charge < -0.3 is 0 Å². The molecule has 3 rings (SSSR count). The van der Waals surface area contributed by atoms with E-state index in [2.05, 4.69) is 80.9 Å². The zero-order chi connectivity index (χ0) is 18.7. The molecule has 2 nitrogen and oxygen atoms in total. The second-order valence-corrected chi connectivity index (χ2v) is 8.00. The number of benzene rings is 1. The van der Waals surface area contributed by atoms with Gasteiger partial charge in [-0.15, -0.1) is 0 Å². The minimum atomic E-state index is 0.335. The lowest BCUT2D eigenvalue weighted by atomic mass is 9.89. The molecule has 0 N–H and O–H groups in total. The highest BCUT2D eigenvalue weighted by molar-refractivity contribution is 5.80. The number of rotatable bonds is 7. The van der Waals surface area contributed by atoms with Crippen LogP contribution in [0.3, 0.4) is 0 Å². The molecule has 2 heteroatoms. The molecular formula is C24H32N2. The van der Waals surface area contributed by atoms with Crippen molar-refractivity contribution in [2.75, 3.05) is 6.54 Å². The first-order valence-electron chi connectivity index (χ1n) is 9.96. The van der Waals surface area contributed by atoms with Crippen LogP contribution in [-0.2, 0) is 6.42 Å². The third kappa shape index (κ3) is 3.91. The Morgan fingerprint density at radius 1 is 0.923 bits per heavy atom. The van der Waals surface area contributed by atoms with Gasteiger partial charge in [0.1, 0.15) is 0 Å². The SMILES string of the molecule is CC(C)N(CCC1=C([C@H](C)c2ccccn2)c2ccccc2C1)C(C)C. The minimum absolute atomic E-state index is 0.335. The van der Waals surface area contributed by atoms with Crippen molar-refractivity contribution >= 4 is 5.57 Å². The number of fused-ring (bicyclic) bond motifs is 1. The summed E-state index contributed by atoms with van der Waals surface area (Å²) in [6, 6.07) is 16.3. The van der Waals surface area contributed by atoms with Gasteiger partial charge >= 0.3 is 0 Å². The summed E-state index contributed by atoms with van der Waals surface area (Å²) in [5, 5.41) is 0. The maximum atomic E-state index is 4.64. The molecule has 1 aromatic heterocycles. The number of aromatic nitrogens is 1. The normalized spacial score (nSPS) is 15.2. The van der Waals surface area contributed by atoms with Gasteiger partial charge in [0.05, 0.1) is 0 Å². The van der Waals surface area contributed by atoms with Gasteiger partial charge in [0.15, 0.2) is 0 Å². The molecule has 0 amide bonds. The molecule has 0 unspecified atom stereocenters. The van der Waals surface area contributed by atoms with Crippen LogP contribution < -0.4 is 0 Å². The summed E-state index contributed by atoms with van der Waals surface area (Å²) in [5.41, 5.74) is 7.17. The molecular weight excluding hydrogens is 316 g/mol. The standard InChI is InChI=1S/C24H32N2/c1-17(2)26(18(3)4)15-13-21-16-20-10-6-7-11-22(20)24(21)19(5)23-12-8-9-14-25-23/h6-12,14,17-19H,13,15-16H2,1-5H3/t19-/m1/s1. The molecule has 1 atom stereocenters. The lowest BCUT2D eigenvalue weighted by molar-refractivity contribution is 0.177. The van der Waals surface area contributed by atoms with Crippen LogP contribution in [0.2, 0.25) is 0 Å². The molecule has 1 aliphatic rings. The molecule has 0 bridgehead atoms. The van der Waals surface area contributed by atoms with Crippen LogP contribution in [0.5, 0.6) is 0 Å². The van der Waals surface area contributed by atoms with Crippen molar-refractivity contribution in [1.82, 2.24) is 9.88 Å². The second kappa shape index (κ2) is 8.18. The molecule has 26 heavy (non-hydrogen) atoms. The van der Waals surface area contributed by atoms with Crippen LogP contribution in [-0.4, -0.2) is 28.5 Å². The molecule has 2 aromatic rings. The summed E-state index contributed by atoms with van der Waals surface area (Å²) in [7, 11) is 0. The second-order valence-electron chi connectivity index (χ2n) is 8.00. The van der Waals surface area contributed by atoms with E-state index in [0.29, 0.717) is 18.0 Å². The third-order valence-electron chi connectivity index (χ3n) is 5.66. The Morgan fingerprint density at radius 2 is 1.62 bits per heavy atom. The van der Waals surface area contributed by atoms with Crippen molar-refractivity contribution in [1.29, 1.82) is 0 Å². The fourth-order valence-electron chi connectivity index (χ4n) is 4.37. The summed E-state index contributed by atoms with van der Waals surface area (Å²) in [5.74, 6) is 0.335. The minimum Gasteiger partial charge on any atom is -0.298 e. The van der Waals surface area contributed by atoms with Crippen LogP contribution in [0.1, 0.15) is 63.8 Å². The molecule has 0 saturated heterocycles. The first-order valence-corrected chi connectivity index (χ1v) is 9.96. The highest BCUT2D eigenvalue weighted by Gasteiger charge is 2.27. The van der Waals surface area contributed by atoms with Crippen molar-refractivity contribution in [3.63, 3.8) is 0 Å². The van der Waals surface area contributed by atoms with E-state index in [4.69, 9.17) is 0 Å². The van der Waals surface area contributed by atoms with E-state index < -0.39 is 0 Å². The van der Waals surface area contributed by atoms with Gasteiger partial charge in [0.25, 0.3) is 0 Å². The van der Waals surface area contributed by atoms with E-state index in [9.17, 15) is 0 Å². The van der Waals surface area contributed by atoms with Gasteiger partial charge in [-0.1, -0.05) is 42.8 Å². The highest BCUT2D eigenvalue weighted by Crippen LogP contribution is 2.42. The van der Waals surface area contributed by atoms with Gasteiger partial charge in [0.2, 0.25) is 0 Å². The lowest BCUT2D eigenvalue weighted by Crippen LogP contribution is -2.37. The van der Waals surface area contributed by atoms with Gasteiger partial charge in [0, 0.05) is 36.4 Å². The summed E-state index contributed by atoms with van der Waals surface area (Å²) in [4.78, 5) is 7.23. The van der Waals surface area contributed by atoms with E-state index >= 15 is 0 Å². The molecule has 0 fully saturated rings. The van der Waals surface area contributed by atoms with Crippen molar-refractivity contribution in [3.05, 3.63) is 71.1 Å². The lowest BCUT2D eigenvalue weighted by Gasteiger charge is -2.31. The number of hydrogen-bond acceptors (Lipinski definition) is 2. The first-order chi connectivity index (χ1) is 12.5. The Bertz CT molecular complexity index is 751. The molecule has 0 aliphatic heterocycles. The van der Waals surface area contributed by atoms with Gasteiger partial charge in [-0.05, 0) is 69.4 Å². The van der Waals surface area contributed by atoms with Crippen LogP contribution >= 0.6 is 0 Å². The zero-order valence-electron chi connectivity index (χ0n) is 16.9. The van der Waals surface area contributed by atoms with Gasteiger partial charge in [-0.25, -0.2) is 0 Å². The largest absolute Gasteiger partial charge is 0.298 e. The molecule has 0 saturated carbocycles. The predicted molar refractivity (Wildman–Crippen MR) is 111 cm³/mol. The fraction of sp³-hybridized carbons (Fsp3) is 0.458. The van der Waals surface area contributed by atoms with Gasteiger partial charge in [-0.2, -0.15) is 0 Å². The van der Waals surface area contributed by atoms with Crippen molar-refractivity contribution in [2.45, 2.75) is 65.5 Å². The van der Waals surface area contributed by atoms with E-state index in [0.717, 1.165) is 19.4 Å². The van der Waals surface area contributed by atoms with Crippen molar-refractivity contribution < 1.29 is 0 Å². The van der Waals surface area contributed by atoms with Crippen LogP contribution in [0.4, 0.5) is 0 Å². The maximum Gasteiger partial charge on any atom is 0.0475 e. The average molecular weight is 349 g/mol. The Hall–Kier alpha value is -1.93. The molecule has 1 aliphatic carbocycles. The zero-order valence-corrected chi connectivity index (χ0v) is 16.9. The topological polar surface area (TPSA) is 16.1 Å². The number of nitrogens with zero attached hydrogens (tertiary/aromatic N) is 2. The first kappa shape index (κ1) is 18.8. The molecule has 0 radical (unpaired) electrons. The van der Waals surface area contributed by atoms with Crippen LogP contribution in [0.15, 0.2) is 54.2 Å².